The molecule has 0 aromatic carbocycles. The first-order valence-corrected chi connectivity index (χ1v) is 6.99. The number of hydrogen-bond acceptors (Lipinski definition) is 8. The molecule has 10 heteroatoms. The van der Waals surface area contributed by atoms with Gasteiger partial charge in [-0.3, -0.25) is 4.79 Å². The van der Waals surface area contributed by atoms with Gasteiger partial charge in [-0.25, -0.2) is 0 Å². The molecule has 0 heterocycles. The molecule has 0 spiro atoms. The highest BCUT2D eigenvalue weighted by atomic mass is 17.0. The fraction of sp³-hybridized carbons (Fsp3) is 0.917. The maximum atomic E-state index is 11.6. The van der Waals surface area contributed by atoms with Crippen molar-refractivity contribution >= 4 is 5.97 Å². The van der Waals surface area contributed by atoms with Gasteiger partial charge >= 0.3 is 5.97 Å². The van der Waals surface area contributed by atoms with Crippen LogP contribution >= 0.6 is 0 Å². The molecular weight excluding hydrogens is 300 g/mol. The van der Waals surface area contributed by atoms with E-state index < -0.39 is 22.9 Å². The Morgan fingerprint density at radius 1 is 1.09 bits per heavy atom. The normalized spacial score (nSPS) is 13.3. The van der Waals surface area contributed by atoms with E-state index in [1.807, 2.05) is 13.8 Å². The highest BCUT2D eigenvalue weighted by Gasteiger charge is 2.18. The molecule has 2 atom stereocenters. The fourth-order valence-corrected chi connectivity index (χ4v) is 1.48. The van der Waals surface area contributed by atoms with E-state index in [4.69, 9.17) is 4.74 Å². The summed E-state index contributed by atoms with van der Waals surface area (Å²) < 4.78 is 5.07. The molecule has 0 aliphatic rings. The molecule has 0 rings (SSSR count). The molecule has 0 saturated heterocycles. The number of nitrogens with zero attached hydrogens (tertiary/aromatic N) is 2. The molecule has 0 unspecified atom stereocenters. The number of carbonyl (C=O) groups is 1. The summed E-state index contributed by atoms with van der Waals surface area (Å²) in [7, 11) is 0. The SMILES string of the molecule is CC(C)[C@@H](C)C(=O)OCCCC[C@@H](CO[N+](=O)[O-])O[N+](=O)[O-]. The van der Waals surface area contributed by atoms with Crippen molar-refractivity contribution in [2.45, 2.75) is 46.1 Å². The van der Waals surface area contributed by atoms with Gasteiger partial charge in [0.25, 0.3) is 10.2 Å². The number of rotatable bonds is 12. The molecular formula is C12H22N2O8. The van der Waals surface area contributed by atoms with Gasteiger partial charge in [0.1, 0.15) is 12.7 Å². The second-order valence-corrected chi connectivity index (χ2v) is 5.17. The predicted molar refractivity (Wildman–Crippen MR) is 73.6 cm³/mol. The lowest BCUT2D eigenvalue weighted by Crippen LogP contribution is -2.25. The van der Waals surface area contributed by atoms with Crippen LogP contribution in [0.15, 0.2) is 0 Å². The molecule has 0 aliphatic carbocycles. The van der Waals surface area contributed by atoms with E-state index in [1.54, 1.807) is 6.92 Å². The van der Waals surface area contributed by atoms with E-state index in [-0.39, 0.29) is 30.8 Å². The standard InChI is InChI=1S/C12H22N2O8/c1-9(2)10(3)12(15)20-7-5-4-6-11(22-14(18)19)8-21-13(16)17/h9-11H,4-8H2,1-3H3/t10-,11+/m1/s1. The minimum atomic E-state index is -1.04. The molecule has 0 aromatic rings. The van der Waals surface area contributed by atoms with Gasteiger partial charge in [0, 0.05) is 0 Å². The zero-order valence-corrected chi connectivity index (χ0v) is 12.9. The number of hydrogen-bond donors (Lipinski definition) is 0. The minimum absolute atomic E-state index is 0.185. The first kappa shape index (κ1) is 19.9. The average Bonchev–Trinajstić information content (AvgIpc) is 2.42. The molecule has 0 aromatic heterocycles. The van der Waals surface area contributed by atoms with Crippen LogP contribution in [0.3, 0.4) is 0 Å². The number of esters is 1. The largest absolute Gasteiger partial charge is 0.465 e. The Morgan fingerprint density at radius 2 is 1.73 bits per heavy atom. The van der Waals surface area contributed by atoms with Gasteiger partial charge in [0.15, 0.2) is 0 Å². The Kier molecular flexibility index (Phi) is 9.55. The first-order valence-electron chi connectivity index (χ1n) is 6.99. The average molecular weight is 322 g/mol. The van der Waals surface area contributed by atoms with Gasteiger partial charge < -0.3 is 14.4 Å². The fourth-order valence-electron chi connectivity index (χ4n) is 1.48. The van der Waals surface area contributed by atoms with E-state index in [2.05, 4.69) is 9.68 Å². The van der Waals surface area contributed by atoms with Crippen LogP contribution in [0.4, 0.5) is 0 Å². The Morgan fingerprint density at radius 3 is 2.23 bits per heavy atom. The summed E-state index contributed by atoms with van der Waals surface area (Å²) in [4.78, 5) is 40.2. The Balaban J connectivity index is 3.94. The molecule has 0 amide bonds. The van der Waals surface area contributed by atoms with Crippen molar-refractivity contribution in [3.8, 4) is 0 Å². The smallest absolute Gasteiger partial charge is 0.308 e. The summed E-state index contributed by atoms with van der Waals surface area (Å²) in [6.45, 7) is 5.29. The number of ether oxygens (including phenoxy) is 1. The van der Waals surface area contributed by atoms with Crippen LogP contribution in [0, 0.1) is 32.1 Å². The van der Waals surface area contributed by atoms with Crippen LogP contribution in [0.5, 0.6) is 0 Å². The van der Waals surface area contributed by atoms with E-state index in [0.717, 1.165) is 0 Å². The summed E-state index contributed by atoms with van der Waals surface area (Å²) in [5.41, 5.74) is 0. The number of carbonyl (C=O) groups excluding carboxylic acids is 1. The third kappa shape index (κ3) is 9.72. The molecule has 0 bridgehead atoms. The summed E-state index contributed by atoms with van der Waals surface area (Å²) in [6, 6.07) is 0. The highest BCUT2D eigenvalue weighted by Crippen LogP contribution is 2.12. The van der Waals surface area contributed by atoms with Crippen LogP contribution in [-0.4, -0.2) is 35.5 Å². The second-order valence-electron chi connectivity index (χ2n) is 5.17. The van der Waals surface area contributed by atoms with Crippen molar-refractivity contribution in [1.29, 1.82) is 0 Å². The zero-order valence-electron chi connectivity index (χ0n) is 12.9. The Bertz CT molecular complexity index is 374. The van der Waals surface area contributed by atoms with Crippen molar-refractivity contribution in [3.05, 3.63) is 20.2 Å². The summed E-state index contributed by atoms with van der Waals surface area (Å²) >= 11 is 0. The Hall–Kier alpha value is -2.13. The van der Waals surface area contributed by atoms with Gasteiger partial charge in [-0.05, 0) is 25.2 Å². The van der Waals surface area contributed by atoms with Crippen LogP contribution in [0.25, 0.3) is 0 Å². The van der Waals surface area contributed by atoms with E-state index in [0.29, 0.717) is 12.8 Å². The van der Waals surface area contributed by atoms with Crippen molar-refractivity contribution in [3.63, 3.8) is 0 Å². The van der Waals surface area contributed by atoms with E-state index >= 15 is 0 Å². The monoisotopic (exact) mass is 322 g/mol. The van der Waals surface area contributed by atoms with Crippen LogP contribution in [0.2, 0.25) is 0 Å². The predicted octanol–water partition coefficient (Wildman–Crippen LogP) is 1.78. The molecule has 10 nitrogen and oxygen atoms in total. The van der Waals surface area contributed by atoms with Gasteiger partial charge in [-0.15, -0.1) is 20.2 Å². The molecule has 0 N–H and O–H groups in total. The molecule has 0 saturated carbocycles. The molecule has 22 heavy (non-hydrogen) atoms. The third-order valence-electron chi connectivity index (χ3n) is 3.14. The third-order valence-corrected chi connectivity index (χ3v) is 3.14. The van der Waals surface area contributed by atoms with Crippen LogP contribution < -0.4 is 0 Å². The summed E-state index contributed by atoms with van der Waals surface area (Å²) in [5.74, 6) is -0.298. The maximum absolute atomic E-state index is 11.6. The topological polar surface area (TPSA) is 131 Å². The van der Waals surface area contributed by atoms with Crippen molar-refractivity contribution in [1.82, 2.24) is 0 Å². The highest BCUT2D eigenvalue weighted by molar-refractivity contribution is 5.72. The van der Waals surface area contributed by atoms with Crippen LogP contribution in [0.1, 0.15) is 40.0 Å². The lowest BCUT2D eigenvalue weighted by atomic mass is 9.99. The van der Waals surface area contributed by atoms with Crippen LogP contribution in [-0.2, 0) is 19.2 Å². The van der Waals surface area contributed by atoms with E-state index in [1.165, 1.54) is 0 Å². The quantitative estimate of drug-likeness (QED) is 0.230. The Labute approximate surface area is 127 Å². The second kappa shape index (κ2) is 10.6. The molecule has 0 fully saturated rings. The van der Waals surface area contributed by atoms with Crippen molar-refractivity contribution in [2.75, 3.05) is 13.2 Å². The lowest BCUT2D eigenvalue weighted by Gasteiger charge is -2.15. The molecule has 128 valence electrons. The summed E-state index contributed by atoms with van der Waals surface area (Å²) in [6.07, 6.45) is 0.0902. The van der Waals surface area contributed by atoms with Gasteiger partial charge in [-0.1, -0.05) is 20.8 Å². The van der Waals surface area contributed by atoms with Gasteiger partial charge in [-0.2, -0.15) is 0 Å². The van der Waals surface area contributed by atoms with Gasteiger partial charge in [0.2, 0.25) is 0 Å². The zero-order chi connectivity index (χ0) is 17.1. The minimum Gasteiger partial charge on any atom is -0.465 e. The summed E-state index contributed by atoms with van der Waals surface area (Å²) in [5, 5.41) is 18.3. The number of unbranched alkanes of at least 4 members (excludes halogenated alkanes) is 1. The van der Waals surface area contributed by atoms with E-state index in [9.17, 15) is 25.0 Å². The maximum Gasteiger partial charge on any atom is 0.308 e. The van der Waals surface area contributed by atoms with Gasteiger partial charge in [0.05, 0.1) is 12.5 Å². The molecule has 0 aliphatic heterocycles. The molecule has 0 radical (unpaired) electrons. The lowest BCUT2D eigenvalue weighted by molar-refractivity contribution is -0.790. The van der Waals surface area contributed by atoms with Crippen molar-refractivity contribution < 1.29 is 29.4 Å². The van der Waals surface area contributed by atoms with Crippen molar-refractivity contribution in [2.24, 2.45) is 11.8 Å². The first-order chi connectivity index (χ1) is 10.2.